The summed E-state index contributed by atoms with van der Waals surface area (Å²) in [5, 5.41) is 0. The largest absolute Gasteiger partial charge is 1.00 e. The Balaban J connectivity index is 0.00000256. The summed E-state index contributed by atoms with van der Waals surface area (Å²) in [5.41, 5.74) is 0. The lowest BCUT2D eigenvalue weighted by Gasteiger charge is -2.37. The fourth-order valence-electron chi connectivity index (χ4n) is 2.27. The van der Waals surface area contributed by atoms with Gasteiger partial charge >= 0.3 is 5.97 Å². The first-order valence-electron chi connectivity index (χ1n) is 6.65. The van der Waals surface area contributed by atoms with E-state index in [2.05, 4.69) is 14.0 Å². The van der Waals surface area contributed by atoms with Crippen molar-refractivity contribution < 1.29 is 38.0 Å². The zero-order valence-electron chi connectivity index (χ0n) is 11.2. The molecule has 0 aromatic carbocycles. The topological polar surface area (TPSA) is 26.3 Å². The lowest BCUT2D eigenvalue weighted by atomic mass is 10.1. The number of halogens is 1. The van der Waals surface area contributed by atoms with Gasteiger partial charge in [0.1, 0.15) is 13.2 Å². The van der Waals surface area contributed by atoms with E-state index in [4.69, 9.17) is 4.74 Å². The number of quaternary nitrogens is 1. The Kier molecular flexibility index (Phi) is 9.22. The lowest BCUT2D eigenvalue weighted by Crippen LogP contribution is -3.00. The number of rotatable bonds is 6. The third-order valence-electron chi connectivity index (χ3n) is 3.52. The average molecular weight is 355 g/mol. The van der Waals surface area contributed by atoms with E-state index in [0.717, 1.165) is 23.9 Å². The highest BCUT2D eigenvalue weighted by atomic mass is 127. The molecule has 0 atom stereocenters. The highest BCUT2D eigenvalue weighted by molar-refractivity contribution is 5.69. The van der Waals surface area contributed by atoms with Gasteiger partial charge in [-0.3, -0.25) is 4.79 Å². The number of carbonyl (C=O) groups is 1. The molecule has 1 heterocycles. The number of unbranched alkanes of at least 4 members (excludes halogenated alkanes) is 1. The van der Waals surface area contributed by atoms with Crippen LogP contribution < -0.4 is 24.0 Å². The Labute approximate surface area is 123 Å². The van der Waals surface area contributed by atoms with Gasteiger partial charge in [0.25, 0.3) is 0 Å². The smallest absolute Gasteiger partial charge is 0.305 e. The summed E-state index contributed by atoms with van der Waals surface area (Å²) < 4.78 is 6.34. The Bertz CT molecular complexity index is 215. The van der Waals surface area contributed by atoms with E-state index < -0.39 is 0 Å². The van der Waals surface area contributed by atoms with Crippen LogP contribution in [0.15, 0.2) is 0 Å². The molecule has 0 radical (unpaired) electrons. The number of hydrogen-bond donors (Lipinski definition) is 0. The fraction of sp³-hybridized carbons (Fsp3) is 0.923. The first-order chi connectivity index (χ1) is 7.66. The summed E-state index contributed by atoms with van der Waals surface area (Å²) in [6, 6.07) is 0. The second kappa shape index (κ2) is 9.14. The van der Waals surface area contributed by atoms with Crippen molar-refractivity contribution in [3.05, 3.63) is 0 Å². The quantitative estimate of drug-likeness (QED) is 0.360. The van der Waals surface area contributed by atoms with Crippen LogP contribution in [0, 0.1) is 0 Å². The number of likely N-dealkylation sites (N-methyl/N-ethyl adjacent to an activating group) is 1. The number of nitrogens with zero attached hydrogens (tertiary/aromatic N) is 1. The van der Waals surface area contributed by atoms with Gasteiger partial charge in [0.15, 0.2) is 0 Å². The molecular formula is C13H26INO2. The Hall–Kier alpha value is 0.160. The van der Waals surface area contributed by atoms with Gasteiger partial charge < -0.3 is 33.2 Å². The Morgan fingerprint density at radius 1 is 1.24 bits per heavy atom. The van der Waals surface area contributed by atoms with Crippen LogP contribution >= 0.6 is 0 Å². The lowest BCUT2D eigenvalue weighted by molar-refractivity contribution is -0.914. The second-order valence-electron chi connectivity index (χ2n) is 5.18. The second-order valence-corrected chi connectivity index (χ2v) is 5.18. The number of carbonyl (C=O) groups excluding carboxylic acids is 1. The van der Waals surface area contributed by atoms with Crippen molar-refractivity contribution in [3.63, 3.8) is 0 Å². The highest BCUT2D eigenvalue weighted by Crippen LogP contribution is 2.15. The molecule has 0 N–H and O–H groups in total. The molecule has 0 aliphatic carbocycles. The maximum atomic E-state index is 11.3. The molecule has 1 aliphatic rings. The van der Waals surface area contributed by atoms with E-state index in [1.807, 2.05) is 0 Å². The molecule has 1 saturated heterocycles. The van der Waals surface area contributed by atoms with Gasteiger partial charge in [-0.2, -0.15) is 0 Å². The van der Waals surface area contributed by atoms with Gasteiger partial charge in [-0.15, -0.1) is 0 Å². The van der Waals surface area contributed by atoms with E-state index in [-0.39, 0.29) is 29.9 Å². The van der Waals surface area contributed by atoms with Crippen LogP contribution in [-0.4, -0.2) is 43.7 Å². The molecule has 17 heavy (non-hydrogen) atoms. The van der Waals surface area contributed by atoms with Crippen LogP contribution in [0.5, 0.6) is 0 Å². The van der Waals surface area contributed by atoms with Gasteiger partial charge in [-0.1, -0.05) is 13.3 Å². The summed E-state index contributed by atoms with van der Waals surface area (Å²) in [5.74, 6) is -0.0227. The number of esters is 1. The Morgan fingerprint density at radius 3 is 2.47 bits per heavy atom. The molecule has 0 aromatic rings. The fourth-order valence-corrected chi connectivity index (χ4v) is 2.27. The standard InChI is InChI=1S/C13H26NO2.HI/c1-3-4-8-13(15)16-12-11-14(2)9-6-5-7-10-14;/h3-12H2,1-2H3;1H/q+1;/p-1. The number of likely N-dealkylation sites (tertiary alicyclic amines) is 1. The molecule has 0 bridgehead atoms. The Morgan fingerprint density at radius 2 is 1.88 bits per heavy atom. The maximum Gasteiger partial charge on any atom is 0.305 e. The van der Waals surface area contributed by atoms with Gasteiger partial charge in [0, 0.05) is 6.42 Å². The van der Waals surface area contributed by atoms with Gasteiger partial charge in [-0.25, -0.2) is 0 Å². The first kappa shape index (κ1) is 17.2. The van der Waals surface area contributed by atoms with Crippen LogP contribution in [0.1, 0.15) is 45.4 Å². The van der Waals surface area contributed by atoms with E-state index in [1.54, 1.807) is 0 Å². The minimum absolute atomic E-state index is 0. The summed E-state index contributed by atoms with van der Waals surface area (Å²) >= 11 is 0. The molecule has 102 valence electrons. The van der Waals surface area contributed by atoms with Crippen LogP contribution in [-0.2, 0) is 9.53 Å². The van der Waals surface area contributed by atoms with Crippen molar-refractivity contribution in [2.45, 2.75) is 45.4 Å². The normalized spacial score (nSPS) is 18.2. The van der Waals surface area contributed by atoms with E-state index in [9.17, 15) is 4.79 Å². The van der Waals surface area contributed by atoms with Crippen LogP contribution in [0.2, 0.25) is 0 Å². The molecule has 0 unspecified atom stereocenters. The highest BCUT2D eigenvalue weighted by Gasteiger charge is 2.24. The third-order valence-corrected chi connectivity index (χ3v) is 3.52. The molecule has 0 spiro atoms. The summed E-state index contributed by atoms with van der Waals surface area (Å²) in [4.78, 5) is 11.3. The van der Waals surface area contributed by atoms with E-state index >= 15 is 0 Å². The van der Waals surface area contributed by atoms with Crippen molar-refractivity contribution in [3.8, 4) is 0 Å². The number of ether oxygens (including phenoxy) is 1. The number of piperidine rings is 1. The molecule has 0 amide bonds. The van der Waals surface area contributed by atoms with E-state index in [1.165, 1.54) is 32.4 Å². The monoisotopic (exact) mass is 355 g/mol. The molecular weight excluding hydrogens is 329 g/mol. The molecule has 1 aliphatic heterocycles. The molecule has 1 fully saturated rings. The van der Waals surface area contributed by atoms with Gasteiger partial charge in [-0.05, 0) is 25.7 Å². The predicted octanol–water partition coefficient (Wildman–Crippen LogP) is -0.646. The van der Waals surface area contributed by atoms with Gasteiger partial charge in [0.2, 0.25) is 0 Å². The van der Waals surface area contributed by atoms with Crippen LogP contribution in [0.25, 0.3) is 0 Å². The summed E-state index contributed by atoms with van der Waals surface area (Å²) in [7, 11) is 2.28. The van der Waals surface area contributed by atoms with Crippen LogP contribution in [0.3, 0.4) is 0 Å². The van der Waals surface area contributed by atoms with Crippen molar-refractivity contribution in [2.75, 3.05) is 33.3 Å². The minimum Gasteiger partial charge on any atom is -1.00 e. The van der Waals surface area contributed by atoms with Crippen molar-refractivity contribution in [1.29, 1.82) is 0 Å². The third kappa shape index (κ3) is 7.24. The van der Waals surface area contributed by atoms with Crippen molar-refractivity contribution >= 4 is 5.97 Å². The zero-order valence-corrected chi connectivity index (χ0v) is 13.4. The van der Waals surface area contributed by atoms with Crippen molar-refractivity contribution in [1.82, 2.24) is 0 Å². The van der Waals surface area contributed by atoms with Crippen molar-refractivity contribution in [2.24, 2.45) is 0 Å². The minimum atomic E-state index is -0.0227. The number of hydrogen-bond acceptors (Lipinski definition) is 2. The SMILES string of the molecule is CCCCC(=O)OCC[N+]1(C)CCCCC1.[I-]. The summed E-state index contributed by atoms with van der Waals surface area (Å²) in [6.45, 7) is 6.16. The zero-order chi connectivity index (χ0) is 11.9. The molecule has 0 saturated carbocycles. The molecule has 4 heteroatoms. The molecule has 1 rings (SSSR count). The first-order valence-corrected chi connectivity index (χ1v) is 6.65. The molecule has 0 aromatic heterocycles. The maximum absolute atomic E-state index is 11.3. The van der Waals surface area contributed by atoms with Crippen LogP contribution in [0.4, 0.5) is 0 Å². The molecule has 3 nitrogen and oxygen atoms in total. The summed E-state index contributed by atoms with van der Waals surface area (Å²) in [6.07, 6.45) is 6.60. The average Bonchev–Trinajstić information content (AvgIpc) is 2.27. The van der Waals surface area contributed by atoms with Gasteiger partial charge in [0.05, 0.1) is 20.1 Å². The predicted molar refractivity (Wildman–Crippen MR) is 65.1 cm³/mol. The van der Waals surface area contributed by atoms with E-state index in [0.29, 0.717) is 13.0 Å².